The third-order valence-corrected chi connectivity index (χ3v) is 3.66. The summed E-state index contributed by atoms with van der Waals surface area (Å²) in [6.07, 6.45) is 0. The van der Waals surface area contributed by atoms with Crippen LogP contribution in [-0.4, -0.2) is 14.2 Å². The lowest BCUT2D eigenvalue weighted by Crippen LogP contribution is -2.10. The molecule has 1 rings (SSSR count). The van der Waals surface area contributed by atoms with Crippen LogP contribution in [0.4, 0.5) is 0 Å². The summed E-state index contributed by atoms with van der Waals surface area (Å²) < 4.78 is 23.4. The molecule has 1 aromatic carbocycles. The molecule has 0 unspecified atom stereocenters. The summed E-state index contributed by atoms with van der Waals surface area (Å²) in [5.41, 5.74) is 1.56. The number of nitrogens with zero attached hydrogens (tertiary/aromatic N) is 1. The van der Waals surface area contributed by atoms with E-state index in [1.807, 2.05) is 6.07 Å². The van der Waals surface area contributed by atoms with E-state index < -0.39 is 9.84 Å². The third-order valence-electron chi connectivity index (χ3n) is 1.98. The highest BCUT2D eigenvalue weighted by molar-refractivity contribution is 7.90. The Balaban J connectivity index is 2.98. The molecule has 0 aliphatic heterocycles. The van der Waals surface area contributed by atoms with E-state index in [0.29, 0.717) is 16.7 Å². The number of rotatable bonds is 4. The van der Waals surface area contributed by atoms with Crippen LogP contribution in [0.1, 0.15) is 18.1 Å². The van der Waals surface area contributed by atoms with Crippen LogP contribution in [-0.2, 0) is 15.6 Å². The first-order valence-corrected chi connectivity index (χ1v) is 6.59. The highest BCUT2D eigenvalue weighted by atomic mass is 32.2. The fourth-order valence-corrected chi connectivity index (χ4v) is 3.00. The van der Waals surface area contributed by atoms with Crippen LogP contribution in [0, 0.1) is 11.3 Å². The van der Waals surface area contributed by atoms with Gasteiger partial charge in [0.15, 0.2) is 9.84 Å². The van der Waals surface area contributed by atoms with Gasteiger partial charge < -0.3 is 0 Å². The molecule has 0 atom stereocenters. The van der Waals surface area contributed by atoms with E-state index in [1.165, 1.54) is 0 Å². The second-order valence-corrected chi connectivity index (χ2v) is 5.82. The van der Waals surface area contributed by atoms with Gasteiger partial charge in [0, 0.05) is 0 Å². The highest BCUT2D eigenvalue weighted by Gasteiger charge is 2.14. The molecule has 84 valence electrons. The van der Waals surface area contributed by atoms with Gasteiger partial charge in [-0.05, 0) is 18.6 Å². The van der Waals surface area contributed by atoms with Crippen LogP contribution in [0.2, 0.25) is 0 Å². The molecule has 4 heteroatoms. The minimum absolute atomic E-state index is 0.0350. The zero-order valence-electron chi connectivity index (χ0n) is 9.10. The van der Waals surface area contributed by atoms with Gasteiger partial charge >= 0.3 is 0 Å². The van der Waals surface area contributed by atoms with Gasteiger partial charge in [0.25, 0.3) is 0 Å². The van der Waals surface area contributed by atoms with Crippen molar-refractivity contribution in [3.63, 3.8) is 0 Å². The topological polar surface area (TPSA) is 57.9 Å². The lowest BCUT2D eigenvalue weighted by atomic mass is 10.1. The molecule has 0 saturated carbocycles. The smallest absolute Gasteiger partial charge is 0.158 e. The van der Waals surface area contributed by atoms with Crippen LogP contribution in [0.3, 0.4) is 0 Å². The Hall–Kier alpha value is -1.60. The van der Waals surface area contributed by atoms with E-state index >= 15 is 0 Å². The second kappa shape index (κ2) is 4.95. The maximum Gasteiger partial charge on any atom is 0.158 e. The molecule has 0 N–H and O–H groups in total. The van der Waals surface area contributed by atoms with E-state index in [1.54, 1.807) is 31.2 Å². The summed E-state index contributed by atoms with van der Waals surface area (Å²) >= 11 is 0. The Morgan fingerprint density at radius 2 is 2.06 bits per heavy atom. The van der Waals surface area contributed by atoms with E-state index in [4.69, 9.17) is 5.26 Å². The maximum atomic E-state index is 11.7. The van der Waals surface area contributed by atoms with Crippen LogP contribution in [0.25, 0.3) is 0 Å². The Labute approximate surface area is 95.9 Å². The number of hydrogen-bond acceptors (Lipinski definition) is 3. The van der Waals surface area contributed by atoms with E-state index in [2.05, 4.69) is 6.58 Å². The van der Waals surface area contributed by atoms with E-state index in [-0.39, 0.29) is 11.5 Å². The number of nitriles is 1. The molecule has 0 spiro atoms. The third kappa shape index (κ3) is 3.52. The molecule has 0 radical (unpaired) electrons. The van der Waals surface area contributed by atoms with Gasteiger partial charge in [0.2, 0.25) is 0 Å². The first-order chi connectivity index (χ1) is 7.44. The summed E-state index contributed by atoms with van der Waals surface area (Å²) in [6, 6.07) is 8.71. The lowest BCUT2D eigenvalue weighted by molar-refractivity contribution is 0.597. The Morgan fingerprint density at radius 3 is 2.62 bits per heavy atom. The molecule has 0 amide bonds. The van der Waals surface area contributed by atoms with Gasteiger partial charge in [-0.1, -0.05) is 30.4 Å². The molecule has 16 heavy (non-hydrogen) atoms. The van der Waals surface area contributed by atoms with Crippen molar-refractivity contribution in [2.75, 3.05) is 5.75 Å². The predicted molar refractivity (Wildman–Crippen MR) is 63.5 cm³/mol. The number of benzene rings is 1. The van der Waals surface area contributed by atoms with Gasteiger partial charge in [0.05, 0.1) is 23.1 Å². The molecule has 0 saturated heterocycles. The van der Waals surface area contributed by atoms with Gasteiger partial charge in [-0.15, -0.1) is 0 Å². The quantitative estimate of drug-likeness (QED) is 0.750. The van der Waals surface area contributed by atoms with Gasteiger partial charge in [-0.25, -0.2) is 8.42 Å². The van der Waals surface area contributed by atoms with Gasteiger partial charge in [-0.3, -0.25) is 0 Å². The molecule has 0 bridgehead atoms. The van der Waals surface area contributed by atoms with Crippen LogP contribution < -0.4 is 0 Å². The summed E-state index contributed by atoms with van der Waals surface area (Å²) in [6.45, 7) is 5.25. The lowest BCUT2D eigenvalue weighted by Gasteiger charge is -2.05. The Kier molecular flexibility index (Phi) is 3.86. The average Bonchev–Trinajstić information content (AvgIpc) is 2.15. The Morgan fingerprint density at radius 1 is 1.44 bits per heavy atom. The minimum atomic E-state index is -3.22. The molecule has 0 heterocycles. The fourth-order valence-electron chi connectivity index (χ4n) is 1.42. The summed E-state index contributed by atoms with van der Waals surface area (Å²) in [5, 5.41) is 8.83. The summed E-state index contributed by atoms with van der Waals surface area (Å²) in [4.78, 5) is 0. The van der Waals surface area contributed by atoms with Crippen molar-refractivity contribution < 1.29 is 8.42 Å². The SMILES string of the molecule is C=C(C)CS(=O)(=O)Cc1ccccc1C#N. The normalized spacial score (nSPS) is 10.8. The van der Waals surface area contributed by atoms with E-state index in [9.17, 15) is 8.42 Å². The molecule has 1 aromatic rings. The monoisotopic (exact) mass is 235 g/mol. The van der Waals surface area contributed by atoms with Crippen molar-refractivity contribution in [2.45, 2.75) is 12.7 Å². The first kappa shape index (κ1) is 12.5. The fraction of sp³-hybridized carbons (Fsp3) is 0.250. The van der Waals surface area contributed by atoms with Crippen molar-refractivity contribution in [2.24, 2.45) is 0 Å². The Bertz CT molecular complexity index is 538. The minimum Gasteiger partial charge on any atom is -0.228 e. The van der Waals surface area contributed by atoms with Gasteiger partial charge in [0.1, 0.15) is 0 Å². The molecule has 0 fully saturated rings. The zero-order valence-corrected chi connectivity index (χ0v) is 9.92. The molecular weight excluding hydrogens is 222 g/mol. The zero-order chi connectivity index (χ0) is 12.2. The standard InChI is InChI=1S/C12H13NO2S/c1-10(2)8-16(14,15)9-12-6-4-3-5-11(12)7-13/h3-6H,1,8-9H2,2H3. The van der Waals surface area contributed by atoms with Crippen molar-refractivity contribution in [1.82, 2.24) is 0 Å². The number of hydrogen-bond donors (Lipinski definition) is 0. The van der Waals surface area contributed by atoms with E-state index in [0.717, 1.165) is 0 Å². The van der Waals surface area contributed by atoms with Crippen LogP contribution in [0.15, 0.2) is 36.4 Å². The molecule has 0 aromatic heterocycles. The van der Waals surface area contributed by atoms with Crippen molar-refractivity contribution in [3.05, 3.63) is 47.5 Å². The van der Waals surface area contributed by atoms with Crippen molar-refractivity contribution in [1.29, 1.82) is 5.26 Å². The van der Waals surface area contributed by atoms with Crippen molar-refractivity contribution >= 4 is 9.84 Å². The molecular formula is C12H13NO2S. The largest absolute Gasteiger partial charge is 0.228 e. The molecule has 0 aliphatic rings. The molecule has 0 aliphatic carbocycles. The number of sulfone groups is 1. The average molecular weight is 235 g/mol. The highest BCUT2D eigenvalue weighted by Crippen LogP contribution is 2.13. The summed E-state index contributed by atoms with van der Waals surface area (Å²) in [5.74, 6) is -0.143. The van der Waals surface area contributed by atoms with Gasteiger partial charge in [-0.2, -0.15) is 5.26 Å². The maximum absolute atomic E-state index is 11.7. The van der Waals surface area contributed by atoms with Crippen LogP contribution >= 0.6 is 0 Å². The second-order valence-electron chi connectivity index (χ2n) is 3.76. The molecule has 3 nitrogen and oxygen atoms in total. The summed E-state index contributed by atoms with van der Waals surface area (Å²) in [7, 11) is -3.22. The van der Waals surface area contributed by atoms with Crippen molar-refractivity contribution in [3.8, 4) is 6.07 Å². The predicted octanol–water partition coefficient (Wildman–Crippen LogP) is 2.05. The van der Waals surface area contributed by atoms with Crippen LogP contribution in [0.5, 0.6) is 0 Å². The first-order valence-electron chi connectivity index (χ1n) is 4.77.